The van der Waals surface area contributed by atoms with E-state index < -0.39 is 0 Å². The van der Waals surface area contributed by atoms with E-state index >= 15 is 0 Å². The van der Waals surface area contributed by atoms with Gasteiger partial charge in [-0.2, -0.15) is 4.98 Å². The van der Waals surface area contributed by atoms with Gasteiger partial charge in [0.15, 0.2) is 5.82 Å². The van der Waals surface area contributed by atoms with E-state index in [0.29, 0.717) is 18.3 Å². The quantitative estimate of drug-likeness (QED) is 0.622. The average molecular weight is 150 g/mol. The normalized spacial score (nSPS) is 8.67. The van der Waals surface area contributed by atoms with Gasteiger partial charge < -0.3 is 10.3 Å². The number of hydrogen-bond donors (Lipinski definition) is 1. The third-order valence-electron chi connectivity index (χ3n) is 0.752. The molecule has 0 bridgehead atoms. The van der Waals surface area contributed by atoms with Crippen LogP contribution in [0.25, 0.3) is 0 Å². The Morgan fingerprint density at radius 3 is 2.56 bits per heavy atom. The van der Waals surface area contributed by atoms with Gasteiger partial charge in [-0.25, -0.2) is 0 Å². The molecule has 0 aliphatic carbocycles. The lowest BCUT2D eigenvalue weighted by Gasteiger charge is -1.74. The summed E-state index contributed by atoms with van der Waals surface area (Å²) in [6.07, 6.45) is 0. The highest BCUT2D eigenvalue weighted by atomic mass is 35.5. The molecule has 0 aliphatic rings. The third kappa shape index (κ3) is 1.99. The van der Waals surface area contributed by atoms with E-state index in [2.05, 4.69) is 14.7 Å². The summed E-state index contributed by atoms with van der Waals surface area (Å²) in [6.45, 7) is 2.07. The minimum absolute atomic E-state index is 0. The number of aryl methyl sites for hydroxylation is 1. The fourth-order valence-corrected chi connectivity index (χ4v) is 0.424. The van der Waals surface area contributed by atoms with Crippen molar-refractivity contribution in [1.29, 1.82) is 0 Å². The van der Waals surface area contributed by atoms with Crippen molar-refractivity contribution in [3.63, 3.8) is 0 Å². The van der Waals surface area contributed by atoms with Gasteiger partial charge in [0.25, 0.3) is 0 Å². The van der Waals surface area contributed by atoms with Crippen LogP contribution in [0, 0.1) is 6.92 Å². The van der Waals surface area contributed by atoms with E-state index in [1.54, 1.807) is 6.92 Å². The van der Waals surface area contributed by atoms with Crippen molar-refractivity contribution in [3.8, 4) is 0 Å². The fourth-order valence-electron chi connectivity index (χ4n) is 0.424. The highest BCUT2D eigenvalue weighted by Crippen LogP contribution is 1.91. The second kappa shape index (κ2) is 3.42. The maximum Gasteiger partial charge on any atom is 0.223 e. The first-order valence-electron chi connectivity index (χ1n) is 2.32. The summed E-state index contributed by atoms with van der Waals surface area (Å²) in [5, 5.41) is 3.52. The zero-order valence-corrected chi connectivity index (χ0v) is 5.81. The van der Waals surface area contributed by atoms with E-state index in [4.69, 9.17) is 5.73 Å². The Bertz CT molecular complexity index is 176. The Morgan fingerprint density at radius 1 is 1.67 bits per heavy atom. The molecule has 9 heavy (non-hydrogen) atoms. The molecule has 0 radical (unpaired) electrons. The largest absolute Gasteiger partial charge is 0.340 e. The minimum atomic E-state index is 0. The molecule has 1 aromatic heterocycles. The number of aromatic nitrogens is 2. The van der Waals surface area contributed by atoms with Crippen molar-refractivity contribution in [2.45, 2.75) is 13.5 Å². The highest BCUT2D eigenvalue weighted by molar-refractivity contribution is 5.85. The Labute approximate surface area is 58.8 Å². The fraction of sp³-hybridized carbons (Fsp3) is 0.500. The smallest absolute Gasteiger partial charge is 0.223 e. The van der Waals surface area contributed by atoms with Gasteiger partial charge in [-0.15, -0.1) is 12.4 Å². The number of hydrogen-bond acceptors (Lipinski definition) is 4. The Balaban J connectivity index is 0.000000640. The van der Waals surface area contributed by atoms with Crippen molar-refractivity contribution in [2.75, 3.05) is 0 Å². The number of nitrogens with two attached hydrogens (primary N) is 1. The van der Waals surface area contributed by atoms with Crippen LogP contribution >= 0.6 is 12.4 Å². The number of rotatable bonds is 1. The first kappa shape index (κ1) is 8.39. The van der Waals surface area contributed by atoms with Crippen LogP contribution in [0.15, 0.2) is 4.52 Å². The molecular formula is C4H8ClN3O. The number of nitrogens with zero attached hydrogens (tertiary/aromatic N) is 2. The maximum absolute atomic E-state index is 5.18. The van der Waals surface area contributed by atoms with Crippen LogP contribution in [0.4, 0.5) is 0 Å². The molecule has 0 atom stereocenters. The van der Waals surface area contributed by atoms with E-state index in [1.807, 2.05) is 0 Å². The average Bonchev–Trinajstić information content (AvgIpc) is 2.14. The van der Waals surface area contributed by atoms with Crippen molar-refractivity contribution in [2.24, 2.45) is 5.73 Å². The summed E-state index contributed by atoms with van der Waals surface area (Å²) in [4.78, 5) is 3.83. The van der Waals surface area contributed by atoms with Gasteiger partial charge in [-0.05, 0) is 0 Å². The monoisotopic (exact) mass is 149 g/mol. The zero-order valence-electron chi connectivity index (χ0n) is 5.00. The third-order valence-corrected chi connectivity index (χ3v) is 0.752. The molecule has 0 aliphatic heterocycles. The predicted octanol–water partition coefficient (Wildman–Crippen LogP) is 0.259. The number of halogens is 1. The first-order valence-corrected chi connectivity index (χ1v) is 2.32. The van der Waals surface area contributed by atoms with Crippen LogP contribution in [0.5, 0.6) is 0 Å². The molecule has 0 fully saturated rings. The standard InChI is InChI=1S/C4H7N3O.ClH/c1-3-6-4(2-5)7-8-3;/h2,5H2,1H3;1H. The summed E-state index contributed by atoms with van der Waals surface area (Å²) in [7, 11) is 0. The van der Waals surface area contributed by atoms with Crippen molar-refractivity contribution in [1.82, 2.24) is 10.1 Å². The molecule has 1 rings (SSSR count). The zero-order chi connectivity index (χ0) is 5.98. The van der Waals surface area contributed by atoms with Crippen LogP contribution < -0.4 is 5.73 Å². The van der Waals surface area contributed by atoms with Crippen LogP contribution in [0.3, 0.4) is 0 Å². The molecule has 2 N–H and O–H groups in total. The lowest BCUT2D eigenvalue weighted by Crippen LogP contribution is -1.97. The summed E-state index contributed by atoms with van der Waals surface area (Å²) >= 11 is 0. The van der Waals surface area contributed by atoms with Crippen LogP contribution in [-0.2, 0) is 6.54 Å². The van der Waals surface area contributed by atoms with Gasteiger partial charge in [0, 0.05) is 6.92 Å². The van der Waals surface area contributed by atoms with Gasteiger partial charge in [0.05, 0.1) is 6.54 Å². The highest BCUT2D eigenvalue weighted by Gasteiger charge is 1.95. The lowest BCUT2D eigenvalue weighted by atomic mass is 10.6. The first-order chi connectivity index (χ1) is 3.83. The summed E-state index contributed by atoms with van der Waals surface area (Å²) in [5.41, 5.74) is 5.18. The molecule has 0 aromatic carbocycles. The van der Waals surface area contributed by atoms with E-state index in [1.165, 1.54) is 0 Å². The van der Waals surface area contributed by atoms with Crippen LogP contribution in [0.2, 0.25) is 0 Å². The molecule has 0 unspecified atom stereocenters. The second-order valence-electron chi connectivity index (χ2n) is 1.43. The van der Waals surface area contributed by atoms with Gasteiger partial charge in [-0.1, -0.05) is 5.16 Å². The molecule has 0 saturated heterocycles. The predicted molar refractivity (Wildman–Crippen MR) is 34.2 cm³/mol. The minimum Gasteiger partial charge on any atom is -0.340 e. The molecule has 0 amide bonds. The van der Waals surface area contributed by atoms with E-state index in [-0.39, 0.29) is 12.4 Å². The summed E-state index contributed by atoms with van der Waals surface area (Å²) < 4.78 is 4.61. The van der Waals surface area contributed by atoms with Gasteiger partial charge >= 0.3 is 0 Å². The molecule has 1 heterocycles. The second-order valence-corrected chi connectivity index (χ2v) is 1.43. The Hall–Kier alpha value is -0.610. The van der Waals surface area contributed by atoms with Crippen LogP contribution in [-0.4, -0.2) is 10.1 Å². The molecule has 0 saturated carbocycles. The lowest BCUT2D eigenvalue weighted by molar-refractivity contribution is 0.387. The Kier molecular flexibility index (Phi) is 3.19. The van der Waals surface area contributed by atoms with E-state index in [9.17, 15) is 0 Å². The molecule has 52 valence electrons. The van der Waals surface area contributed by atoms with Crippen molar-refractivity contribution >= 4 is 12.4 Å². The molecule has 4 nitrogen and oxygen atoms in total. The maximum atomic E-state index is 5.18. The SMILES string of the molecule is Cc1nc(CN)no1.Cl. The van der Waals surface area contributed by atoms with Crippen molar-refractivity contribution < 1.29 is 4.52 Å². The Morgan fingerprint density at radius 2 is 2.33 bits per heavy atom. The summed E-state index contributed by atoms with van der Waals surface area (Å²) in [5.74, 6) is 1.12. The molecular weight excluding hydrogens is 142 g/mol. The van der Waals surface area contributed by atoms with Gasteiger partial charge in [0.2, 0.25) is 5.89 Å². The van der Waals surface area contributed by atoms with E-state index in [0.717, 1.165) is 0 Å². The topological polar surface area (TPSA) is 64.9 Å². The molecule has 0 spiro atoms. The summed E-state index contributed by atoms with van der Waals surface area (Å²) in [6, 6.07) is 0. The molecule has 1 aromatic rings. The van der Waals surface area contributed by atoms with Gasteiger partial charge in [-0.3, -0.25) is 0 Å². The van der Waals surface area contributed by atoms with Crippen LogP contribution in [0.1, 0.15) is 11.7 Å². The molecule has 5 heteroatoms. The van der Waals surface area contributed by atoms with Crippen molar-refractivity contribution in [3.05, 3.63) is 11.7 Å². The van der Waals surface area contributed by atoms with Gasteiger partial charge in [0.1, 0.15) is 0 Å².